The lowest BCUT2D eigenvalue weighted by atomic mass is 9.79. The van der Waals surface area contributed by atoms with Crippen molar-refractivity contribution in [3.05, 3.63) is 151 Å². The summed E-state index contributed by atoms with van der Waals surface area (Å²) in [4.78, 5) is 2.41. The quantitative estimate of drug-likeness (QED) is 0.205. The van der Waals surface area contributed by atoms with Crippen LogP contribution in [0, 0.1) is 0 Å². The minimum absolute atomic E-state index is 0.260. The van der Waals surface area contributed by atoms with Gasteiger partial charge in [-0.2, -0.15) is 0 Å². The standard InChI is InChI=1S/C43H29NO2/c1-43(2)31-20-12-21-33(39(31)40-41(43)28-17-7-6-16-27(28)37-29-18-8-11-24-35(29)46-42(37)40)44(26-14-4-3-5-15-26)32-22-13-25-36-38(32)30-19-9-10-23-34(30)45-36/h3-25H,1-2H3. The van der Waals surface area contributed by atoms with Crippen LogP contribution in [0.4, 0.5) is 17.1 Å². The van der Waals surface area contributed by atoms with Crippen LogP contribution in [0.2, 0.25) is 0 Å². The maximum absolute atomic E-state index is 6.88. The fourth-order valence-electron chi connectivity index (χ4n) is 8.12. The van der Waals surface area contributed by atoms with E-state index in [1.807, 2.05) is 12.1 Å². The lowest BCUT2D eigenvalue weighted by Gasteiger charge is -2.29. The molecule has 46 heavy (non-hydrogen) atoms. The molecule has 3 nitrogen and oxygen atoms in total. The second-order valence-electron chi connectivity index (χ2n) is 12.8. The molecular formula is C43H29NO2. The first-order chi connectivity index (χ1) is 22.6. The largest absolute Gasteiger partial charge is 0.456 e. The Kier molecular flexibility index (Phi) is 5.06. The third-order valence-corrected chi connectivity index (χ3v) is 10.0. The molecule has 0 radical (unpaired) electrons. The summed E-state index contributed by atoms with van der Waals surface area (Å²) in [5.41, 5.74) is 11.7. The van der Waals surface area contributed by atoms with Crippen LogP contribution in [0.3, 0.4) is 0 Å². The number of nitrogens with zero attached hydrogens (tertiary/aromatic N) is 1. The van der Waals surface area contributed by atoms with Crippen molar-refractivity contribution in [2.24, 2.45) is 0 Å². The molecule has 1 aliphatic carbocycles. The topological polar surface area (TPSA) is 29.5 Å². The van der Waals surface area contributed by atoms with Crippen LogP contribution in [-0.4, -0.2) is 0 Å². The molecule has 10 rings (SSSR count). The van der Waals surface area contributed by atoms with Gasteiger partial charge >= 0.3 is 0 Å². The smallest absolute Gasteiger partial charge is 0.144 e. The van der Waals surface area contributed by atoms with Crippen molar-refractivity contribution in [1.82, 2.24) is 0 Å². The second kappa shape index (κ2) is 9.12. The highest BCUT2D eigenvalue weighted by molar-refractivity contribution is 6.26. The van der Waals surface area contributed by atoms with Gasteiger partial charge in [0.05, 0.1) is 16.8 Å². The molecule has 218 valence electrons. The van der Waals surface area contributed by atoms with Crippen molar-refractivity contribution in [1.29, 1.82) is 0 Å². The molecule has 0 amide bonds. The Morgan fingerprint density at radius 1 is 0.457 bits per heavy atom. The van der Waals surface area contributed by atoms with Crippen LogP contribution in [0.15, 0.2) is 148 Å². The Morgan fingerprint density at radius 3 is 1.83 bits per heavy atom. The highest BCUT2D eigenvalue weighted by Gasteiger charge is 2.42. The van der Waals surface area contributed by atoms with Crippen LogP contribution in [0.25, 0.3) is 65.8 Å². The van der Waals surface area contributed by atoms with Crippen molar-refractivity contribution < 1.29 is 8.83 Å². The van der Waals surface area contributed by atoms with E-state index in [2.05, 4.69) is 146 Å². The van der Waals surface area contributed by atoms with E-state index in [4.69, 9.17) is 8.83 Å². The van der Waals surface area contributed by atoms with E-state index < -0.39 is 0 Å². The molecule has 1 aliphatic rings. The third kappa shape index (κ3) is 3.27. The van der Waals surface area contributed by atoms with Crippen molar-refractivity contribution in [3.8, 4) is 11.1 Å². The van der Waals surface area contributed by atoms with Crippen LogP contribution in [0.1, 0.15) is 25.0 Å². The van der Waals surface area contributed by atoms with E-state index in [1.54, 1.807) is 0 Å². The predicted molar refractivity (Wildman–Crippen MR) is 191 cm³/mol. The van der Waals surface area contributed by atoms with E-state index in [0.29, 0.717) is 0 Å². The van der Waals surface area contributed by atoms with Crippen molar-refractivity contribution >= 4 is 71.7 Å². The average Bonchev–Trinajstić information content (AvgIpc) is 3.74. The first-order valence-corrected chi connectivity index (χ1v) is 15.9. The number of anilines is 3. The van der Waals surface area contributed by atoms with Gasteiger partial charge in [0.25, 0.3) is 0 Å². The fourth-order valence-corrected chi connectivity index (χ4v) is 8.12. The van der Waals surface area contributed by atoms with E-state index in [-0.39, 0.29) is 5.41 Å². The fraction of sp³-hybridized carbons (Fsp3) is 0.0698. The SMILES string of the molecule is CC1(C)c2cccc(N(c3ccccc3)c3cccc4oc5ccccc5c34)c2-c2c1c1ccccc1c1c2oc2ccccc21. The second-order valence-corrected chi connectivity index (χ2v) is 12.8. The molecule has 0 bridgehead atoms. The highest BCUT2D eigenvalue weighted by atomic mass is 16.3. The first-order valence-electron chi connectivity index (χ1n) is 15.9. The normalized spacial score (nSPS) is 13.6. The number of hydrogen-bond donors (Lipinski definition) is 0. The lowest BCUT2D eigenvalue weighted by Crippen LogP contribution is -2.16. The van der Waals surface area contributed by atoms with E-state index in [0.717, 1.165) is 55.6 Å². The van der Waals surface area contributed by atoms with Gasteiger partial charge in [-0.15, -0.1) is 0 Å². The van der Waals surface area contributed by atoms with Gasteiger partial charge in [-0.25, -0.2) is 0 Å². The maximum Gasteiger partial charge on any atom is 0.144 e. The molecular weight excluding hydrogens is 562 g/mol. The summed E-state index contributed by atoms with van der Waals surface area (Å²) < 4.78 is 13.3. The van der Waals surface area contributed by atoms with Crippen LogP contribution in [-0.2, 0) is 5.41 Å². The molecule has 0 fully saturated rings. The van der Waals surface area contributed by atoms with Gasteiger partial charge in [-0.3, -0.25) is 0 Å². The van der Waals surface area contributed by atoms with E-state index in [9.17, 15) is 0 Å². The molecule has 0 aliphatic heterocycles. The average molecular weight is 592 g/mol. The van der Waals surface area contributed by atoms with Crippen LogP contribution < -0.4 is 4.90 Å². The number of rotatable bonds is 3. The molecule has 7 aromatic carbocycles. The zero-order valence-electron chi connectivity index (χ0n) is 25.5. The van der Waals surface area contributed by atoms with Crippen molar-refractivity contribution in [2.45, 2.75) is 19.3 Å². The van der Waals surface area contributed by atoms with Gasteiger partial charge in [0.15, 0.2) is 0 Å². The highest BCUT2D eigenvalue weighted by Crippen LogP contribution is 2.59. The summed E-state index contributed by atoms with van der Waals surface area (Å²) >= 11 is 0. The number of para-hydroxylation sites is 3. The first kappa shape index (κ1) is 25.5. The summed E-state index contributed by atoms with van der Waals surface area (Å²) in [5, 5.41) is 7.04. The Bertz CT molecular complexity index is 2670. The molecule has 2 heterocycles. The minimum Gasteiger partial charge on any atom is -0.456 e. The van der Waals surface area contributed by atoms with Crippen LogP contribution in [0.5, 0.6) is 0 Å². The predicted octanol–water partition coefficient (Wildman–Crippen LogP) is 12.4. The molecule has 2 aromatic heterocycles. The molecule has 3 heteroatoms. The summed E-state index contributed by atoms with van der Waals surface area (Å²) in [6.07, 6.45) is 0. The molecule has 0 saturated heterocycles. The number of hydrogen-bond acceptors (Lipinski definition) is 3. The van der Waals surface area contributed by atoms with Gasteiger partial charge in [-0.1, -0.05) is 111 Å². The van der Waals surface area contributed by atoms with Crippen molar-refractivity contribution in [3.63, 3.8) is 0 Å². The molecule has 0 atom stereocenters. The number of fused-ring (bicyclic) bond motifs is 13. The maximum atomic E-state index is 6.88. The molecule has 0 N–H and O–H groups in total. The Hall–Kier alpha value is -5.80. The lowest BCUT2D eigenvalue weighted by molar-refractivity contribution is 0.657. The monoisotopic (exact) mass is 591 g/mol. The molecule has 9 aromatic rings. The third-order valence-electron chi connectivity index (χ3n) is 10.0. The minimum atomic E-state index is -0.260. The van der Waals surface area contributed by atoms with Gasteiger partial charge in [-0.05, 0) is 64.4 Å². The number of furan rings is 2. The summed E-state index contributed by atoms with van der Waals surface area (Å²) in [6, 6.07) is 49.5. The van der Waals surface area contributed by atoms with Crippen LogP contribution >= 0.6 is 0 Å². The molecule has 0 spiro atoms. The van der Waals surface area contributed by atoms with Gasteiger partial charge < -0.3 is 13.7 Å². The summed E-state index contributed by atoms with van der Waals surface area (Å²) in [6.45, 7) is 4.72. The van der Waals surface area contributed by atoms with Gasteiger partial charge in [0.1, 0.15) is 22.3 Å². The Balaban J connectivity index is 1.38. The molecule has 0 unspecified atom stereocenters. The number of benzene rings is 7. The zero-order valence-corrected chi connectivity index (χ0v) is 25.5. The summed E-state index contributed by atoms with van der Waals surface area (Å²) in [5.74, 6) is 0. The Labute approximate surface area is 265 Å². The zero-order chi connectivity index (χ0) is 30.6. The van der Waals surface area contributed by atoms with Gasteiger partial charge in [0.2, 0.25) is 0 Å². The molecule has 0 saturated carbocycles. The Morgan fingerprint density at radius 2 is 1.04 bits per heavy atom. The van der Waals surface area contributed by atoms with Crippen molar-refractivity contribution in [2.75, 3.05) is 4.90 Å². The summed E-state index contributed by atoms with van der Waals surface area (Å²) in [7, 11) is 0. The van der Waals surface area contributed by atoms with E-state index >= 15 is 0 Å². The van der Waals surface area contributed by atoms with Gasteiger partial charge in [0, 0.05) is 38.4 Å². The van der Waals surface area contributed by atoms with E-state index in [1.165, 1.54) is 38.4 Å².